The van der Waals surface area contributed by atoms with E-state index in [1.165, 1.54) is 18.2 Å². The summed E-state index contributed by atoms with van der Waals surface area (Å²) in [6, 6.07) is 9.68. The van der Waals surface area contributed by atoms with Crippen LogP contribution in [-0.4, -0.2) is 22.1 Å². The smallest absolute Gasteiger partial charge is 0.144 e. The summed E-state index contributed by atoms with van der Waals surface area (Å²) in [5.41, 5.74) is 3.22. The monoisotopic (exact) mass is 441 g/mol. The van der Waals surface area contributed by atoms with Crippen LogP contribution in [0.3, 0.4) is 0 Å². The van der Waals surface area contributed by atoms with E-state index in [2.05, 4.69) is 15.0 Å². The number of nitrogens with one attached hydrogen (secondary N) is 1. The standard InChI is InChI=1S/C24H22ClF2N3O/c1-31-23(24-29-21-11-18(25)19(27)12-22(21)30-24)14-4-2-13(3-5-14)16-8-9-28-20-7-6-15(26)10-17(16)20/h6-14,23H,2-5H2,1H3,(H,29,30)/t13?,14?,23-/m1/s1. The van der Waals surface area contributed by atoms with Gasteiger partial charge in [-0.15, -0.1) is 0 Å². The Hall–Kier alpha value is -2.57. The van der Waals surface area contributed by atoms with Crippen molar-refractivity contribution in [2.24, 2.45) is 5.92 Å². The van der Waals surface area contributed by atoms with Gasteiger partial charge < -0.3 is 9.72 Å². The van der Waals surface area contributed by atoms with Crippen molar-refractivity contribution in [3.8, 4) is 0 Å². The van der Waals surface area contributed by atoms with E-state index in [4.69, 9.17) is 16.3 Å². The first-order valence-corrected chi connectivity index (χ1v) is 10.8. The third-order valence-electron chi connectivity index (χ3n) is 6.44. The van der Waals surface area contributed by atoms with Crippen molar-refractivity contribution in [3.05, 3.63) is 70.6 Å². The fourth-order valence-electron chi connectivity index (χ4n) is 4.92. The quantitative estimate of drug-likeness (QED) is 0.383. The summed E-state index contributed by atoms with van der Waals surface area (Å²) in [4.78, 5) is 12.2. The van der Waals surface area contributed by atoms with Crippen LogP contribution in [0, 0.1) is 17.6 Å². The van der Waals surface area contributed by atoms with Crippen molar-refractivity contribution in [2.75, 3.05) is 7.11 Å². The van der Waals surface area contributed by atoms with Gasteiger partial charge in [0.2, 0.25) is 0 Å². The molecule has 0 saturated heterocycles. The zero-order valence-electron chi connectivity index (χ0n) is 17.0. The largest absolute Gasteiger partial charge is 0.373 e. The minimum Gasteiger partial charge on any atom is -0.373 e. The van der Waals surface area contributed by atoms with Gasteiger partial charge in [-0.1, -0.05) is 11.6 Å². The normalized spacial score (nSPS) is 20.4. The summed E-state index contributed by atoms with van der Waals surface area (Å²) in [6.07, 6.45) is 5.45. The first kappa shape index (κ1) is 20.3. The van der Waals surface area contributed by atoms with Crippen LogP contribution >= 0.6 is 11.6 Å². The van der Waals surface area contributed by atoms with Gasteiger partial charge >= 0.3 is 0 Å². The van der Waals surface area contributed by atoms with E-state index in [0.29, 0.717) is 22.8 Å². The van der Waals surface area contributed by atoms with Crippen molar-refractivity contribution >= 4 is 33.5 Å². The van der Waals surface area contributed by atoms with Crippen molar-refractivity contribution in [2.45, 2.75) is 37.7 Å². The number of pyridine rings is 1. The molecule has 0 amide bonds. The highest BCUT2D eigenvalue weighted by atomic mass is 35.5. The lowest BCUT2D eigenvalue weighted by atomic mass is 9.76. The number of imidazole rings is 1. The summed E-state index contributed by atoms with van der Waals surface area (Å²) in [5, 5.41) is 0.950. The predicted molar refractivity (Wildman–Crippen MR) is 117 cm³/mol. The minimum atomic E-state index is -0.472. The van der Waals surface area contributed by atoms with Crippen LogP contribution in [0.15, 0.2) is 42.6 Å². The number of H-pyrrole nitrogens is 1. The number of hydrogen-bond donors (Lipinski definition) is 1. The molecule has 0 radical (unpaired) electrons. The van der Waals surface area contributed by atoms with Gasteiger partial charge in [0.1, 0.15) is 23.6 Å². The molecule has 0 spiro atoms. The Bertz CT molecular complexity index is 1210. The second-order valence-corrected chi connectivity index (χ2v) is 8.64. The molecule has 1 N–H and O–H groups in total. The number of benzene rings is 2. The van der Waals surface area contributed by atoms with E-state index in [0.717, 1.165) is 42.1 Å². The number of nitrogens with zero attached hydrogens (tertiary/aromatic N) is 2. The van der Waals surface area contributed by atoms with Crippen LogP contribution < -0.4 is 0 Å². The molecule has 1 atom stereocenters. The van der Waals surface area contributed by atoms with E-state index in [9.17, 15) is 8.78 Å². The van der Waals surface area contributed by atoms with Crippen molar-refractivity contribution < 1.29 is 13.5 Å². The molecular weight excluding hydrogens is 420 g/mol. The summed E-state index contributed by atoms with van der Waals surface area (Å²) < 4.78 is 33.4. The number of hydrogen-bond acceptors (Lipinski definition) is 3. The third-order valence-corrected chi connectivity index (χ3v) is 6.73. The van der Waals surface area contributed by atoms with Gasteiger partial charge in [0.25, 0.3) is 0 Å². The number of rotatable bonds is 4. The molecule has 1 saturated carbocycles. The molecule has 2 aromatic heterocycles. The van der Waals surface area contributed by atoms with Gasteiger partial charge in [0.05, 0.1) is 21.6 Å². The molecule has 0 bridgehead atoms. The molecule has 0 aliphatic heterocycles. The maximum Gasteiger partial charge on any atom is 0.144 e. The van der Waals surface area contributed by atoms with E-state index in [1.54, 1.807) is 25.4 Å². The molecule has 5 rings (SSSR count). The van der Waals surface area contributed by atoms with Crippen molar-refractivity contribution in [1.29, 1.82) is 0 Å². The minimum absolute atomic E-state index is 0.0565. The lowest BCUT2D eigenvalue weighted by Crippen LogP contribution is -2.22. The average Bonchev–Trinajstić information content (AvgIpc) is 3.17. The summed E-state index contributed by atoms with van der Waals surface area (Å²) in [7, 11) is 1.68. The number of ether oxygens (including phenoxy) is 1. The Balaban J connectivity index is 1.37. The van der Waals surface area contributed by atoms with Crippen LogP contribution in [-0.2, 0) is 4.74 Å². The fraction of sp³-hybridized carbons (Fsp3) is 0.333. The van der Waals surface area contributed by atoms with Gasteiger partial charge in [-0.05, 0) is 73.4 Å². The number of aromatic nitrogens is 3. The SMILES string of the molecule is CO[C@@H](c1nc2cc(Cl)c(F)cc2[nH]1)C1CCC(c2ccnc3ccc(F)cc23)CC1. The number of fused-ring (bicyclic) bond motifs is 2. The molecule has 1 aliphatic rings. The Labute approximate surface area is 183 Å². The second kappa shape index (κ2) is 8.17. The van der Waals surface area contributed by atoms with Crippen molar-refractivity contribution in [1.82, 2.24) is 15.0 Å². The number of aromatic amines is 1. The van der Waals surface area contributed by atoms with Gasteiger partial charge in [-0.2, -0.15) is 0 Å². The lowest BCUT2D eigenvalue weighted by molar-refractivity contribution is 0.0274. The number of methoxy groups -OCH3 is 1. The molecule has 7 heteroatoms. The van der Waals surface area contributed by atoms with Gasteiger partial charge in [0.15, 0.2) is 0 Å². The Morgan fingerprint density at radius 1 is 1.06 bits per heavy atom. The first-order chi connectivity index (χ1) is 15.0. The highest BCUT2D eigenvalue weighted by molar-refractivity contribution is 6.31. The average molecular weight is 442 g/mol. The lowest BCUT2D eigenvalue weighted by Gasteiger charge is -2.33. The molecule has 0 unspecified atom stereocenters. The molecular formula is C24H22ClF2N3O. The molecule has 4 nitrogen and oxygen atoms in total. The molecule has 2 aromatic carbocycles. The summed E-state index contributed by atoms with van der Waals surface area (Å²) >= 11 is 5.90. The maximum atomic E-state index is 13.8. The van der Waals surface area contributed by atoms with Crippen molar-refractivity contribution in [3.63, 3.8) is 0 Å². The third kappa shape index (κ3) is 3.79. The van der Waals surface area contributed by atoms with E-state index < -0.39 is 5.82 Å². The highest BCUT2D eigenvalue weighted by Gasteiger charge is 2.31. The van der Waals surface area contributed by atoms with E-state index in [1.807, 2.05) is 6.07 Å². The highest BCUT2D eigenvalue weighted by Crippen LogP contribution is 2.43. The Kier molecular flexibility index (Phi) is 5.36. The van der Waals surface area contributed by atoms with Crippen LogP contribution in [0.4, 0.5) is 8.78 Å². The molecule has 31 heavy (non-hydrogen) atoms. The second-order valence-electron chi connectivity index (χ2n) is 8.24. The van der Waals surface area contributed by atoms with E-state index >= 15 is 0 Å². The first-order valence-electron chi connectivity index (χ1n) is 10.4. The molecule has 1 fully saturated rings. The Morgan fingerprint density at radius 2 is 1.87 bits per heavy atom. The van der Waals surface area contributed by atoms with Gasteiger partial charge in [-0.25, -0.2) is 13.8 Å². The molecule has 1 aliphatic carbocycles. The maximum absolute atomic E-state index is 13.8. The van der Waals surface area contributed by atoms with Crippen LogP contribution in [0.2, 0.25) is 5.02 Å². The van der Waals surface area contributed by atoms with Crippen LogP contribution in [0.25, 0.3) is 21.9 Å². The van der Waals surface area contributed by atoms with E-state index in [-0.39, 0.29) is 22.9 Å². The topological polar surface area (TPSA) is 50.8 Å². The zero-order valence-corrected chi connectivity index (χ0v) is 17.8. The predicted octanol–water partition coefficient (Wildman–Crippen LogP) is 6.70. The summed E-state index contributed by atoms with van der Waals surface area (Å²) in [6.45, 7) is 0. The Morgan fingerprint density at radius 3 is 2.65 bits per heavy atom. The molecule has 4 aromatic rings. The molecule has 160 valence electrons. The van der Waals surface area contributed by atoms with Crippen LogP contribution in [0.1, 0.15) is 49.1 Å². The fourth-order valence-corrected chi connectivity index (χ4v) is 5.07. The van der Waals surface area contributed by atoms with Gasteiger partial charge in [0, 0.05) is 24.8 Å². The zero-order chi connectivity index (χ0) is 21.5. The number of halogens is 3. The molecule has 2 heterocycles. The van der Waals surface area contributed by atoms with Gasteiger partial charge in [-0.3, -0.25) is 4.98 Å². The summed E-state index contributed by atoms with van der Waals surface area (Å²) in [5.74, 6) is 0.617. The van der Waals surface area contributed by atoms with Crippen LogP contribution in [0.5, 0.6) is 0 Å².